The Labute approximate surface area is 215 Å². The summed E-state index contributed by atoms with van der Waals surface area (Å²) in [5.74, 6) is 6.05. The molecule has 3 aromatic rings. The van der Waals surface area contributed by atoms with E-state index in [2.05, 4.69) is 51.0 Å². The molecule has 2 aliphatic heterocycles. The van der Waals surface area contributed by atoms with Crippen molar-refractivity contribution in [2.24, 2.45) is 0 Å². The normalized spacial score (nSPS) is 17.5. The van der Waals surface area contributed by atoms with Crippen molar-refractivity contribution in [2.45, 2.75) is 25.1 Å². The summed E-state index contributed by atoms with van der Waals surface area (Å²) in [5.41, 5.74) is 3.93. The Bertz CT molecular complexity index is 1300. The van der Waals surface area contributed by atoms with Crippen LogP contribution in [-0.2, 0) is 17.7 Å². The number of ether oxygens (including phenoxy) is 1. The summed E-state index contributed by atoms with van der Waals surface area (Å²) in [6.07, 6.45) is 0.881. The van der Waals surface area contributed by atoms with Gasteiger partial charge in [-0.05, 0) is 35.4 Å². The van der Waals surface area contributed by atoms with Gasteiger partial charge in [0.05, 0.1) is 25.2 Å². The molecule has 2 fully saturated rings. The van der Waals surface area contributed by atoms with Crippen LogP contribution in [0.5, 0.6) is 5.75 Å². The number of aromatic amines is 1. The average molecular weight is 503 g/mol. The van der Waals surface area contributed by atoms with E-state index in [9.17, 15) is 14.3 Å². The van der Waals surface area contributed by atoms with Gasteiger partial charge in [-0.3, -0.25) is 14.6 Å². The third-order valence-electron chi connectivity index (χ3n) is 6.93. The second kappa shape index (κ2) is 11.7. The van der Waals surface area contributed by atoms with Gasteiger partial charge in [-0.2, -0.15) is 0 Å². The van der Waals surface area contributed by atoms with Crippen molar-refractivity contribution >= 4 is 0 Å². The molecule has 2 aromatic carbocycles. The standard InChI is InChI=1S/C29H31FN4O3/c30-26-18-34(19-26)17-25(15-27-28(35)29(36)32-20-31-27)24-9-7-22(8-10-24)2-1-21-3-5-23(6-4-21)16-33-11-13-37-14-12-33/h3-10,20,25-26,35H,11-19H2,(H,31,32,36)/t25-/m1/s1. The molecule has 7 nitrogen and oxygen atoms in total. The molecular weight excluding hydrogens is 471 g/mol. The van der Waals surface area contributed by atoms with Gasteiger partial charge in [0.25, 0.3) is 5.56 Å². The van der Waals surface area contributed by atoms with Crippen molar-refractivity contribution in [2.75, 3.05) is 45.9 Å². The number of halogens is 1. The van der Waals surface area contributed by atoms with Crippen molar-refractivity contribution < 1.29 is 14.2 Å². The quantitative estimate of drug-likeness (QED) is 0.484. The lowest BCUT2D eigenvalue weighted by atomic mass is 9.91. The summed E-state index contributed by atoms with van der Waals surface area (Å²) in [5, 5.41) is 10.2. The minimum absolute atomic E-state index is 0.0475. The van der Waals surface area contributed by atoms with Crippen LogP contribution >= 0.6 is 0 Å². The lowest BCUT2D eigenvalue weighted by Crippen LogP contribution is -2.49. The van der Waals surface area contributed by atoms with E-state index in [4.69, 9.17) is 4.74 Å². The van der Waals surface area contributed by atoms with Crippen LogP contribution in [0, 0.1) is 11.8 Å². The zero-order valence-corrected chi connectivity index (χ0v) is 20.7. The van der Waals surface area contributed by atoms with Crippen LogP contribution in [0.2, 0.25) is 0 Å². The van der Waals surface area contributed by atoms with E-state index in [1.807, 2.05) is 29.2 Å². The molecule has 8 heteroatoms. The highest BCUT2D eigenvalue weighted by Crippen LogP contribution is 2.26. The number of alkyl halides is 1. The van der Waals surface area contributed by atoms with Crippen LogP contribution in [0.1, 0.15) is 33.9 Å². The van der Waals surface area contributed by atoms with Gasteiger partial charge in [-0.1, -0.05) is 36.1 Å². The Hall–Kier alpha value is -3.51. The fraction of sp³-hybridized carbons (Fsp3) is 0.379. The molecule has 0 unspecified atom stereocenters. The monoisotopic (exact) mass is 502 g/mol. The van der Waals surface area contributed by atoms with Crippen LogP contribution in [0.15, 0.2) is 59.7 Å². The van der Waals surface area contributed by atoms with Crippen LogP contribution in [-0.4, -0.2) is 77.0 Å². The van der Waals surface area contributed by atoms with E-state index in [-0.39, 0.29) is 11.7 Å². The first-order chi connectivity index (χ1) is 18.0. The number of morpholine rings is 1. The molecule has 1 atom stereocenters. The highest BCUT2D eigenvalue weighted by atomic mass is 19.1. The summed E-state index contributed by atoms with van der Waals surface area (Å²) in [6, 6.07) is 16.3. The molecule has 2 saturated heterocycles. The molecule has 0 saturated carbocycles. The average Bonchev–Trinajstić information content (AvgIpc) is 2.90. The number of likely N-dealkylation sites (tertiary alicyclic amines) is 1. The number of benzene rings is 2. The van der Waals surface area contributed by atoms with E-state index in [1.165, 1.54) is 11.9 Å². The molecule has 0 aliphatic carbocycles. The predicted octanol–water partition coefficient (Wildman–Crippen LogP) is 2.69. The number of aromatic hydroxyl groups is 1. The Morgan fingerprint density at radius 3 is 2.32 bits per heavy atom. The minimum atomic E-state index is -0.794. The van der Waals surface area contributed by atoms with E-state index in [1.54, 1.807) is 0 Å². The number of nitrogens with one attached hydrogen (secondary N) is 1. The zero-order chi connectivity index (χ0) is 25.6. The van der Waals surface area contributed by atoms with Gasteiger partial charge < -0.3 is 14.8 Å². The van der Waals surface area contributed by atoms with E-state index in [0.29, 0.717) is 31.7 Å². The first-order valence-electron chi connectivity index (χ1n) is 12.7. The van der Waals surface area contributed by atoms with Gasteiger partial charge in [0.1, 0.15) is 6.17 Å². The SMILES string of the molecule is O=c1[nH]cnc(C[C@H](CN2CC(F)C2)c2ccc(C#Cc3ccc(CN4CCOCC4)cc3)cc2)c1O. The third-order valence-corrected chi connectivity index (χ3v) is 6.93. The fourth-order valence-electron chi connectivity index (χ4n) is 4.76. The zero-order valence-electron chi connectivity index (χ0n) is 20.7. The first-order valence-corrected chi connectivity index (χ1v) is 12.7. The Balaban J connectivity index is 1.26. The fourth-order valence-corrected chi connectivity index (χ4v) is 4.76. The van der Waals surface area contributed by atoms with Crippen molar-refractivity contribution in [3.63, 3.8) is 0 Å². The molecule has 192 valence electrons. The third kappa shape index (κ3) is 6.63. The summed E-state index contributed by atoms with van der Waals surface area (Å²) < 4.78 is 18.8. The van der Waals surface area contributed by atoms with Gasteiger partial charge in [-0.25, -0.2) is 9.37 Å². The van der Waals surface area contributed by atoms with Crippen molar-refractivity contribution in [3.05, 3.63) is 93.2 Å². The Kier molecular flexibility index (Phi) is 7.95. The maximum atomic E-state index is 13.4. The molecule has 2 aliphatic rings. The minimum Gasteiger partial charge on any atom is -0.502 e. The number of nitrogens with zero attached hydrogens (tertiary/aromatic N) is 3. The topological polar surface area (TPSA) is 81.7 Å². The molecule has 37 heavy (non-hydrogen) atoms. The maximum Gasteiger partial charge on any atom is 0.293 e. The summed E-state index contributed by atoms with van der Waals surface area (Å²) >= 11 is 0. The van der Waals surface area contributed by atoms with Gasteiger partial charge >= 0.3 is 0 Å². The van der Waals surface area contributed by atoms with Crippen LogP contribution in [0.4, 0.5) is 4.39 Å². The summed E-state index contributed by atoms with van der Waals surface area (Å²) in [7, 11) is 0. The molecule has 0 bridgehead atoms. The number of hydrogen-bond donors (Lipinski definition) is 2. The molecule has 5 rings (SSSR count). The van der Waals surface area contributed by atoms with Crippen molar-refractivity contribution in [1.82, 2.24) is 19.8 Å². The van der Waals surface area contributed by atoms with Crippen molar-refractivity contribution in [3.8, 4) is 17.6 Å². The highest BCUT2D eigenvalue weighted by molar-refractivity contribution is 5.44. The number of rotatable bonds is 7. The summed E-state index contributed by atoms with van der Waals surface area (Å²) in [6.45, 7) is 5.88. The van der Waals surface area contributed by atoms with Gasteiger partial charge in [0.2, 0.25) is 5.75 Å². The van der Waals surface area contributed by atoms with Crippen LogP contribution in [0.3, 0.4) is 0 Å². The smallest absolute Gasteiger partial charge is 0.293 e. The molecule has 0 radical (unpaired) electrons. The predicted molar refractivity (Wildman–Crippen MR) is 139 cm³/mol. The second-order valence-corrected chi connectivity index (χ2v) is 9.70. The van der Waals surface area contributed by atoms with Gasteiger partial charge in [0, 0.05) is 62.7 Å². The molecule has 3 heterocycles. The van der Waals surface area contributed by atoms with E-state index >= 15 is 0 Å². The summed E-state index contributed by atoms with van der Waals surface area (Å²) in [4.78, 5) is 22.8. The van der Waals surface area contributed by atoms with Gasteiger partial charge in [0.15, 0.2) is 0 Å². The highest BCUT2D eigenvalue weighted by Gasteiger charge is 2.29. The molecular formula is C29H31FN4O3. The first kappa shape index (κ1) is 25.2. The lowest BCUT2D eigenvalue weighted by Gasteiger charge is -2.37. The largest absolute Gasteiger partial charge is 0.502 e. The van der Waals surface area contributed by atoms with Gasteiger partial charge in [-0.15, -0.1) is 0 Å². The molecule has 2 N–H and O–H groups in total. The number of H-pyrrole nitrogens is 1. The molecule has 0 amide bonds. The number of hydrogen-bond acceptors (Lipinski definition) is 6. The maximum absolute atomic E-state index is 13.4. The van der Waals surface area contributed by atoms with E-state index in [0.717, 1.165) is 49.5 Å². The Morgan fingerprint density at radius 2 is 1.68 bits per heavy atom. The Morgan fingerprint density at radius 1 is 1.03 bits per heavy atom. The van der Waals surface area contributed by atoms with Crippen LogP contribution in [0.25, 0.3) is 0 Å². The van der Waals surface area contributed by atoms with E-state index < -0.39 is 11.7 Å². The van der Waals surface area contributed by atoms with Crippen molar-refractivity contribution in [1.29, 1.82) is 0 Å². The number of aromatic nitrogens is 2. The van der Waals surface area contributed by atoms with Crippen LogP contribution < -0.4 is 5.56 Å². The molecule has 0 spiro atoms. The lowest BCUT2D eigenvalue weighted by molar-refractivity contribution is 0.0342. The second-order valence-electron chi connectivity index (χ2n) is 9.70. The molecule has 1 aromatic heterocycles.